The molecule has 142 valence electrons. The summed E-state index contributed by atoms with van der Waals surface area (Å²) in [4.78, 5) is 12.3. The van der Waals surface area contributed by atoms with Crippen LogP contribution in [0.1, 0.15) is 60.7 Å². The van der Waals surface area contributed by atoms with E-state index in [0.717, 1.165) is 37.8 Å². The molecule has 0 saturated heterocycles. The smallest absolute Gasteiger partial charge is 0.290 e. The summed E-state index contributed by atoms with van der Waals surface area (Å²) in [5, 5.41) is 24.5. The highest BCUT2D eigenvalue weighted by molar-refractivity contribution is 5.92. The van der Waals surface area contributed by atoms with Gasteiger partial charge in [0.1, 0.15) is 11.4 Å². The fourth-order valence-corrected chi connectivity index (χ4v) is 3.44. The average Bonchev–Trinajstić information content (AvgIpc) is 3.30. The van der Waals surface area contributed by atoms with Gasteiger partial charge in [-0.3, -0.25) is 9.48 Å². The van der Waals surface area contributed by atoms with Gasteiger partial charge in [-0.1, -0.05) is 28.6 Å². The zero-order chi connectivity index (χ0) is 18.8. The molecule has 0 aliphatic heterocycles. The number of aliphatic hydroxyl groups excluding tert-OH is 1. The van der Waals surface area contributed by atoms with E-state index in [-0.39, 0.29) is 17.7 Å². The van der Waals surface area contributed by atoms with Crippen LogP contribution in [-0.4, -0.2) is 37.2 Å². The van der Waals surface area contributed by atoms with E-state index < -0.39 is 6.10 Å². The predicted molar refractivity (Wildman–Crippen MR) is 97.5 cm³/mol. The van der Waals surface area contributed by atoms with Crippen LogP contribution in [0.25, 0.3) is 5.57 Å². The van der Waals surface area contributed by atoms with E-state index in [1.54, 1.807) is 23.9 Å². The maximum Gasteiger partial charge on any atom is 0.290 e. The second-order valence-corrected chi connectivity index (χ2v) is 7.26. The Balaban J connectivity index is 1.26. The van der Waals surface area contributed by atoms with Crippen LogP contribution < -0.4 is 5.32 Å². The topological polar surface area (TPSA) is 106 Å². The first-order chi connectivity index (χ1) is 13.1. The van der Waals surface area contributed by atoms with Crippen LogP contribution >= 0.6 is 0 Å². The summed E-state index contributed by atoms with van der Waals surface area (Å²) in [6.45, 7) is 2.40. The number of carbonyl (C=O) groups is 1. The molecular formula is C19H23N5O3. The Morgan fingerprint density at radius 3 is 3.00 bits per heavy atom. The number of nitrogens with one attached hydrogen (secondary N) is 1. The summed E-state index contributed by atoms with van der Waals surface area (Å²) < 4.78 is 6.96. The lowest BCUT2D eigenvalue weighted by molar-refractivity contribution is 0.0842. The Bertz CT molecular complexity index is 874. The van der Waals surface area contributed by atoms with E-state index in [9.17, 15) is 9.90 Å². The molecule has 2 aliphatic rings. The van der Waals surface area contributed by atoms with Crippen molar-refractivity contribution in [2.75, 3.05) is 0 Å². The third-order valence-electron chi connectivity index (χ3n) is 5.03. The van der Waals surface area contributed by atoms with Crippen molar-refractivity contribution in [3.8, 4) is 0 Å². The van der Waals surface area contributed by atoms with Gasteiger partial charge in [0.25, 0.3) is 5.91 Å². The zero-order valence-corrected chi connectivity index (χ0v) is 15.2. The molecule has 2 N–H and O–H groups in total. The van der Waals surface area contributed by atoms with Gasteiger partial charge < -0.3 is 14.9 Å². The fourth-order valence-electron chi connectivity index (χ4n) is 3.44. The van der Waals surface area contributed by atoms with Gasteiger partial charge in [0.2, 0.25) is 5.76 Å². The molecule has 2 aliphatic carbocycles. The summed E-state index contributed by atoms with van der Waals surface area (Å²) in [5.74, 6) is 0.447. The summed E-state index contributed by atoms with van der Waals surface area (Å²) in [7, 11) is 0. The maximum atomic E-state index is 12.3. The van der Waals surface area contributed by atoms with Gasteiger partial charge in [-0.2, -0.15) is 0 Å². The number of hydrogen-bond donors (Lipinski definition) is 2. The number of aromatic nitrogens is 4. The zero-order valence-electron chi connectivity index (χ0n) is 15.2. The minimum atomic E-state index is -0.612. The van der Waals surface area contributed by atoms with Crippen molar-refractivity contribution in [3.05, 3.63) is 47.6 Å². The molecule has 4 rings (SSSR count). The highest BCUT2D eigenvalue weighted by Gasteiger charge is 2.32. The van der Waals surface area contributed by atoms with Gasteiger partial charge in [0.05, 0.1) is 12.3 Å². The number of amides is 1. The molecule has 2 aromatic heterocycles. The van der Waals surface area contributed by atoms with Gasteiger partial charge >= 0.3 is 0 Å². The van der Waals surface area contributed by atoms with Crippen LogP contribution in [-0.2, 0) is 6.54 Å². The summed E-state index contributed by atoms with van der Waals surface area (Å²) in [5.41, 5.74) is 2.27. The number of nitrogens with zero attached hydrogens (tertiary/aromatic N) is 4. The van der Waals surface area contributed by atoms with Gasteiger partial charge in [-0.05, 0) is 44.1 Å². The number of carbonyl (C=O) groups excluding carboxylic acids is 1. The molecule has 0 bridgehead atoms. The second kappa shape index (κ2) is 7.48. The SMILES string of the molecule is C[C@H](O)c1cn(CC2CC(NC(=O)c3cc(C4=CCCC=C4)no3)C2)nn1. The first-order valence-electron chi connectivity index (χ1n) is 9.31. The predicted octanol–water partition coefficient (Wildman–Crippen LogP) is 2.26. The molecule has 0 unspecified atom stereocenters. The standard InChI is InChI=1S/C19H23N5O3/c1-12(25)17-11-24(23-21-17)10-13-7-15(8-13)20-19(26)18-9-16(22-27-18)14-5-3-2-4-6-14/h3,5-6,9,11-13,15,25H,2,4,7-8,10H2,1H3,(H,20,26)/t12-,13?,15?/m0/s1. The van der Waals surface area contributed by atoms with E-state index >= 15 is 0 Å². The summed E-state index contributed by atoms with van der Waals surface area (Å²) in [6.07, 6.45) is 11.1. The Morgan fingerprint density at radius 1 is 1.44 bits per heavy atom. The van der Waals surface area contributed by atoms with Crippen LogP contribution in [0.3, 0.4) is 0 Å². The lowest BCUT2D eigenvalue weighted by atomic mass is 9.80. The van der Waals surface area contributed by atoms with Crippen molar-refractivity contribution in [1.29, 1.82) is 0 Å². The van der Waals surface area contributed by atoms with Gasteiger partial charge in [-0.25, -0.2) is 0 Å². The third kappa shape index (κ3) is 4.00. The molecule has 1 atom stereocenters. The minimum absolute atomic E-state index is 0.129. The van der Waals surface area contributed by atoms with E-state index in [4.69, 9.17) is 4.52 Å². The normalized spacial score (nSPS) is 22.8. The molecule has 2 heterocycles. The van der Waals surface area contributed by atoms with Crippen LogP contribution in [0.2, 0.25) is 0 Å². The first kappa shape index (κ1) is 17.7. The molecular weight excluding hydrogens is 346 g/mol. The third-order valence-corrected chi connectivity index (χ3v) is 5.03. The second-order valence-electron chi connectivity index (χ2n) is 7.26. The fraction of sp³-hybridized carbons (Fsp3) is 0.474. The number of aliphatic hydroxyl groups is 1. The van der Waals surface area contributed by atoms with Crippen molar-refractivity contribution >= 4 is 11.5 Å². The highest BCUT2D eigenvalue weighted by atomic mass is 16.5. The molecule has 8 nitrogen and oxygen atoms in total. The van der Waals surface area contributed by atoms with Crippen molar-refractivity contribution in [3.63, 3.8) is 0 Å². The Morgan fingerprint density at radius 2 is 2.30 bits per heavy atom. The molecule has 0 radical (unpaired) electrons. The minimum Gasteiger partial charge on any atom is -0.387 e. The largest absolute Gasteiger partial charge is 0.387 e. The van der Waals surface area contributed by atoms with Crippen molar-refractivity contribution < 1.29 is 14.4 Å². The van der Waals surface area contributed by atoms with Gasteiger partial charge in [-0.15, -0.1) is 5.10 Å². The number of hydrogen-bond acceptors (Lipinski definition) is 6. The lowest BCUT2D eigenvalue weighted by Crippen LogP contribution is -2.45. The summed E-state index contributed by atoms with van der Waals surface area (Å²) >= 11 is 0. The molecule has 1 amide bonds. The Labute approximate surface area is 156 Å². The van der Waals surface area contributed by atoms with Crippen molar-refractivity contribution in [1.82, 2.24) is 25.5 Å². The lowest BCUT2D eigenvalue weighted by Gasteiger charge is -2.35. The van der Waals surface area contributed by atoms with Gasteiger partial charge in [0.15, 0.2) is 0 Å². The number of allylic oxidation sites excluding steroid dienone is 4. The molecule has 1 fully saturated rings. The monoisotopic (exact) mass is 369 g/mol. The highest BCUT2D eigenvalue weighted by Crippen LogP contribution is 2.29. The van der Waals surface area contributed by atoms with Crippen molar-refractivity contribution in [2.24, 2.45) is 5.92 Å². The van der Waals surface area contributed by atoms with Crippen LogP contribution in [0.15, 0.2) is 35.0 Å². The van der Waals surface area contributed by atoms with Crippen LogP contribution in [0.4, 0.5) is 0 Å². The molecule has 8 heteroatoms. The van der Waals surface area contributed by atoms with E-state index in [0.29, 0.717) is 17.3 Å². The Hall–Kier alpha value is -2.74. The molecule has 2 aromatic rings. The maximum absolute atomic E-state index is 12.3. The van der Waals surface area contributed by atoms with E-state index in [2.05, 4.69) is 32.9 Å². The average molecular weight is 369 g/mol. The van der Waals surface area contributed by atoms with Crippen LogP contribution in [0, 0.1) is 5.92 Å². The molecule has 0 spiro atoms. The first-order valence-corrected chi connectivity index (χ1v) is 9.31. The van der Waals surface area contributed by atoms with E-state index in [1.165, 1.54) is 0 Å². The summed E-state index contributed by atoms with van der Waals surface area (Å²) in [6, 6.07) is 1.82. The quantitative estimate of drug-likeness (QED) is 0.809. The Kier molecular flexibility index (Phi) is 4.89. The van der Waals surface area contributed by atoms with Gasteiger partial charge in [0, 0.05) is 18.7 Å². The molecule has 27 heavy (non-hydrogen) atoms. The molecule has 0 aromatic carbocycles. The van der Waals surface area contributed by atoms with E-state index in [1.807, 2.05) is 6.08 Å². The molecule has 1 saturated carbocycles. The number of rotatable bonds is 6. The van der Waals surface area contributed by atoms with Crippen molar-refractivity contribution in [2.45, 2.75) is 51.3 Å². The van der Waals surface area contributed by atoms with Crippen LogP contribution in [0.5, 0.6) is 0 Å².